The van der Waals surface area contributed by atoms with E-state index in [1.165, 1.54) is 7.11 Å². The van der Waals surface area contributed by atoms with E-state index in [2.05, 4.69) is 9.80 Å². The highest BCUT2D eigenvalue weighted by Crippen LogP contribution is 2.52. The zero-order valence-corrected chi connectivity index (χ0v) is 21.9. The van der Waals surface area contributed by atoms with Crippen molar-refractivity contribution in [2.24, 2.45) is 0 Å². The summed E-state index contributed by atoms with van der Waals surface area (Å²) in [6, 6.07) is 5.89. The number of aliphatic hydroxyl groups excluding tert-OH is 3. The summed E-state index contributed by atoms with van der Waals surface area (Å²) in [5, 5.41) is 52.6. The highest BCUT2D eigenvalue weighted by Gasteiger charge is 2.53. The van der Waals surface area contributed by atoms with Crippen molar-refractivity contribution in [3.63, 3.8) is 0 Å². The molecule has 0 radical (unpaired) electrons. The van der Waals surface area contributed by atoms with Crippen molar-refractivity contribution in [3.8, 4) is 28.7 Å². The Morgan fingerprint density at radius 3 is 2.38 bits per heavy atom. The molecule has 0 amide bonds. The Bertz CT molecular complexity index is 1300. The molecule has 5 N–H and O–H groups in total. The normalized spacial score (nSPS) is 28.1. The molecule has 0 spiro atoms. The first-order valence-corrected chi connectivity index (χ1v) is 13.1. The number of nitrogens with zero attached hydrogens (tertiary/aromatic N) is 2. The zero-order valence-electron chi connectivity index (χ0n) is 21.9. The Balaban J connectivity index is 1.23. The Morgan fingerprint density at radius 2 is 1.68 bits per heavy atom. The van der Waals surface area contributed by atoms with E-state index in [1.54, 1.807) is 0 Å². The lowest BCUT2D eigenvalue weighted by molar-refractivity contribution is -0.235. The van der Waals surface area contributed by atoms with E-state index in [0.29, 0.717) is 13.1 Å². The minimum atomic E-state index is -1.56. The molecule has 216 valence electrons. The average Bonchev–Trinajstić information content (AvgIpc) is 3.42. The molecule has 6 rings (SSSR count). The number of esters is 1. The van der Waals surface area contributed by atoms with Crippen molar-refractivity contribution < 1.29 is 54.0 Å². The number of phenols is 2. The molecule has 4 aliphatic rings. The number of fused-ring (bicyclic) bond motifs is 4. The van der Waals surface area contributed by atoms with Crippen LogP contribution in [-0.2, 0) is 22.6 Å². The van der Waals surface area contributed by atoms with Crippen LogP contribution in [0.3, 0.4) is 0 Å². The van der Waals surface area contributed by atoms with Gasteiger partial charge in [0, 0.05) is 50.4 Å². The summed E-state index contributed by atoms with van der Waals surface area (Å²) in [7, 11) is 1.27. The second-order valence-corrected chi connectivity index (χ2v) is 10.4. The zero-order chi connectivity index (χ0) is 28.1. The van der Waals surface area contributed by atoms with E-state index in [-0.39, 0.29) is 35.8 Å². The number of methoxy groups -OCH3 is 1. The van der Waals surface area contributed by atoms with Gasteiger partial charge in [-0.1, -0.05) is 6.07 Å². The van der Waals surface area contributed by atoms with Gasteiger partial charge in [-0.25, -0.2) is 4.79 Å². The van der Waals surface area contributed by atoms with Crippen LogP contribution in [0.15, 0.2) is 18.2 Å². The van der Waals surface area contributed by atoms with Gasteiger partial charge in [-0.2, -0.15) is 0 Å². The van der Waals surface area contributed by atoms with Gasteiger partial charge in [-0.3, -0.25) is 9.80 Å². The van der Waals surface area contributed by atoms with E-state index < -0.39 is 54.6 Å². The van der Waals surface area contributed by atoms with Crippen LogP contribution < -0.4 is 14.2 Å². The minimum Gasteiger partial charge on any atom is -0.504 e. The number of hydrogen-bond acceptors (Lipinski definition) is 13. The Labute approximate surface area is 229 Å². The van der Waals surface area contributed by atoms with Crippen molar-refractivity contribution in [1.29, 1.82) is 0 Å². The van der Waals surface area contributed by atoms with E-state index in [1.807, 2.05) is 18.2 Å². The molecule has 13 nitrogen and oxygen atoms in total. The maximum absolute atomic E-state index is 13.2. The summed E-state index contributed by atoms with van der Waals surface area (Å²) in [5.74, 6) is -0.568. The fraction of sp³-hybridized carbons (Fsp3) is 0.519. The third kappa shape index (κ3) is 4.48. The molecule has 40 heavy (non-hydrogen) atoms. The SMILES string of the molecule is COc1c(O)c(CN2CCN(Cc3ccc4c(c3)OCO4)CC2)c2c(c1O)C1OC(CO)C(O)C(O)C1OC2=O. The molecule has 0 aliphatic carbocycles. The summed E-state index contributed by atoms with van der Waals surface area (Å²) in [5.41, 5.74) is 1.20. The number of aromatic hydroxyl groups is 2. The van der Waals surface area contributed by atoms with Crippen LogP contribution in [0.4, 0.5) is 0 Å². The van der Waals surface area contributed by atoms with Crippen LogP contribution in [-0.4, -0.2) is 112 Å². The van der Waals surface area contributed by atoms with E-state index >= 15 is 0 Å². The number of rotatable bonds is 6. The quantitative estimate of drug-likeness (QED) is 0.296. The molecule has 13 heteroatoms. The van der Waals surface area contributed by atoms with Crippen molar-refractivity contribution in [3.05, 3.63) is 40.5 Å². The van der Waals surface area contributed by atoms with Gasteiger partial charge >= 0.3 is 5.97 Å². The van der Waals surface area contributed by atoms with Crippen LogP contribution in [0.1, 0.15) is 33.2 Å². The minimum absolute atomic E-state index is 0.0169. The molecule has 2 saturated heterocycles. The molecule has 2 fully saturated rings. The third-order valence-electron chi connectivity index (χ3n) is 8.04. The number of phenolic OH excluding ortho intramolecular Hbond substituents is 2. The highest BCUT2D eigenvalue weighted by molar-refractivity contribution is 5.97. The summed E-state index contributed by atoms with van der Waals surface area (Å²) in [6.45, 7) is 3.23. The van der Waals surface area contributed by atoms with Gasteiger partial charge in [0.2, 0.25) is 12.5 Å². The smallest absolute Gasteiger partial charge is 0.339 e. The number of carbonyl (C=O) groups excluding carboxylic acids is 1. The van der Waals surface area contributed by atoms with Crippen molar-refractivity contribution >= 4 is 5.97 Å². The molecule has 2 aromatic rings. The van der Waals surface area contributed by atoms with Crippen LogP contribution in [0.25, 0.3) is 0 Å². The maximum Gasteiger partial charge on any atom is 0.339 e. The molecular weight excluding hydrogens is 528 g/mol. The first-order valence-electron chi connectivity index (χ1n) is 13.1. The number of piperazine rings is 1. The monoisotopic (exact) mass is 560 g/mol. The van der Waals surface area contributed by atoms with Crippen molar-refractivity contribution in [2.45, 2.75) is 43.6 Å². The summed E-state index contributed by atoms with van der Waals surface area (Å²) in [6.07, 6.45) is -6.77. The summed E-state index contributed by atoms with van der Waals surface area (Å²) >= 11 is 0. The summed E-state index contributed by atoms with van der Waals surface area (Å²) < 4.78 is 27.4. The molecule has 5 unspecified atom stereocenters. The lowest BCUT2D eigenvalue weighted by Gasteiger charge is -2.45. The van der Waals surface area contributed by atoms with Gasteiger partial charge in [0.1, 0.15) is 24.4 Å². The Hall–Kier alpha value is -3.33. The molecule has 0 aromatic heterocycles. The van der Waals surface area contributed by atoms with Gasteiger partial charge in [0.05, 0.1) is 19.3 Å². The van der Waals surface area contributed by atoms with Crippen LogP contribution >= 0.6 is 0 Å². The van der Waals surface area contributed by atoms with E-state index in [9.17, 15) is 30.3 Å². The number of aliphatic hydroxyl groups is 3. The van der Waals surface area contributed by atoms with Crippen molar-refractivity contribution in [1.82, 2.24) is 9.80 Å². The standard InChI is InChI=1S/C27H32N2O11/c1-36-25-20(31)14(10-29-6-4-28(5-7-29)9-13-2-3-15-16(8-13)38-12-37-15)18-19(22(25)33)24-26(40-27(18)35)23(34)21(32)17(11-30)39-24/h2-3,8,17,21,23-24,26,30-34H,4-7,9-12H2,1H3. The van der Waals surface area contributed by atoms with Gasteiger partial charge in [-0.15, -0.1) is 0 Å². The third-order valence-corrected chi connectivity index (χ3v) is 8.04. The Kier molecular flexibility index (Phi) is 7.10. The molecule has 2 aromatic carbocycles. The van der Waals surface area contributed by atoms with Crippen LogP contribution in [0, 0.1) is 0 Å². The molecule has 0 bridgehead atoms. The first-order chi connectivity index (χ1) is 19.3. The molecule has 4 heterocycles. The second kappa shape index (κ2) is 10.6. The molecular formula is C27H32N2O11. The second-order valence-electron chi connectivity index (χ2n) is 10.4. The fourth-order valence-electron chi connectivity index (χ4n) is 5.89. The van der Waals surface area contributed by atoms with Crippen LogP contribution in [0.5, 0.6) is 28.7 Å². The first kappa shape index (κ1) is 26.9. The average molecular weight is 561 g/mol. The Morgan fingerprint density at radius 1 is 0.975 bits per heavy atom. The predicted molar refractivity (Wildman–Crippen MR) is 135 cm³/mol. The van der Waals surface area contributed by atoms with E-state index in [4.69, 9.17) is 23.7 Å². The highest BCUT2D eigenvalue weighted by atomic mass is 16.7. The topological polar surface area (TPSA) is 171 Å². The lowest BCUT2D eigenvalue weighted by atomic mass is 9.84. The molecule has 5 atom stereocenters. The van der Waals surface area contributed by atoms with Gasteiger partial charge in [-0.05, 0) is 17.7 Å². The van der Waals surface area contributed by atoms with Crippen LogP contribution in [0.2, 0.25) is 0 Å². The molecule has 4 aliphatic heterocycles. The van der Waals surface area contributed by atoms with Gasteiger partial charge < -0.3 is 49.2 Å². The fourth-order valence-corrected chi connectivity index (χ4v) is 5.89. The number of benzene rings is 2. The predicted octanol–water partition coefficient (Wildman–Crippen LogP) is -0.154. The molecule has 0 saturated carbocycles. The number of carbonyl (C=O) groups is 1. The van der Waals surface area contributed by atoms with Crippen molar-refractivity contribution in [2.75, 3.05) is 46.7 Å². The van der Waals surface area contributed by atoms with Gasteiger partial charge in [0.25, 0.3) is 0 Å². The van der Waals surface area contributed by atoms with Gasteiger partial charge in [0.15, 0.2) is 29.1 Å². The maximum atomic E-state index is 13.2. The number of hydrogen-bond donors (Lipinski definition) is 5. The lowest BCUT2D eigenvalue weighted by Crippen LogP contribution is -2.58. The van der Waals surface area contributed by atoms with E-state index in [0.717, 1.165) is 36.7 Å². The number of ether oxygens (including phenoxy) is 5. The largest absolute Gasteiger partial charge is 0.504 e. The summed E-state index contributed by atoms with van der Waals surface area (Å²) in [4.78, 5) is 17.6.